The summed E-state index contributed by atoms with van der Waals surface area (Å²) in [7, 11) is 0. The highest BCUT2D eigenvalue weighted by Crippen LogP contribution is 2.29. The van der Waals surface area contributed by atoms with Crippen LogP contribution in [0.4, 0.5) is 0 Å². The zero-order valence-electron chi connectivity index (χ0n) is 15.7. The molecule has 0 radical (unpaired) electrons. The van der Waals surface area contributed by atoms with Crippen LogP contribution in [-0.2, 0) is 0 Å². The summed E-state index contributed by atoms with van der Waals surface area (Å²) in [6.45, 7) is 9.93. The Balaban J connectivity index is 1.78. The highest BCUT2D eigenvalue weighted by molar-refractivity contribution is 8.00. The first kappa shape index (κ1) is 18.4. The normalized spacial score (nSPS) is 12.2. The van der Waals surface area contributed by atoms with Gasteiger partial charge in [-0.05, 0) is 69.0 Å². The van der Waals surface area contributed by atoms with Crippen molar-refractivity contribution in [3.05, 3.63) is 64.2 Å². The number of benzene rings is 2. The Morgan fingerprint density at radius 3 is 2.38 bits per heavy atom. The van der Waals surface area contributed by atoms with Crippen molar-refractivity contribution in [2.75, 3.05) is 0 Å². The molecule has 0 aliphatic heterocycles. The van der Waals surface area contributed by atoms with E-state index >= 15 is 0 Å². The topological polar surface area (TPSA) is 56.0 Å². The van der Waals surface area contributed by atoms with Crippen molar-refractivity contribution in [1.29, 1.82) is 0 Å². The van der Waals surface area contributed by atoms with Crippen LogP contribution in [0.5, 0.6) is 0 Å². The molecule has 2 aromatic carbocycles. The first-order chi connectivity index (χ1) is 12.4. The molecule has 0 aliphatic carbocycles. The Kier molecular flexibility index (Phi) is 5.28. The minimum Gasteiger partial charge on any atom is -0.411 e. The lowest BCUT2D eigenvalue weighted by Crippen LogP contribution is -2.15. The third kappa shape index (κ3) is 3.73. The van der Waals surface area contributed by atoms with E-state index in [2.05, 4.69) is 23.2 Å². The summed E-state index contributed by atoms with van der Waals surface area (Å²) in [5.41, 5.74) is 6.05. The molecular weight excluding hydrogens is 344 g/mol. The number of hydrogen-bond acceptors (Lipinski definition) is 5. The molecule has 3 rings (SSSR count). The molecule has 26 heavy (non-hydrogen) atoms. The maximum Gasteiger partial charge on any atom is 0.277 e. The van der Waals surface area contributed by atoms with Crippen LogP contribution in [-0.4, -0.2) is 21.2 Å². The number of carbonyl (C=O) groups is 1. The molecule has 0 N–H and O–H groups in total. The average molecular weight is 366 g/mol. The van der Waals surface area contributed by atoms with Crippen LogP contribution >= 0.6 is 11.8 Å². The van der Waals surface area contributed by atoms with E-state index in [4.69, 9.17) is 4.42 Å². The quantitative estimate of drug-likeness (QED) is 0.451. The zero-order valence-corrected chi connectivity index (χ0v) is 16.5. The standard InChI is InChI=1S/C21H22N2O2S/c1-12-8-6-7-9-17(12)20-22-23-21(25-20)26-16(5)19(24)18-11-14(3)13(2)10-15(18)4/h6-11,16H,1-5H3/t16-/m1/s1. The second-order valence-electron chi connectivity index (χ2n) is 6.56. The highest BCUT2D eigenvalue weighted by atomic mass is 32.2. The molecule has 1 aromatic heterocycles. The van der Waals surface area contributed by atoms with E-state index in [0.717, 1.165) is 27.8 Å². The van der Waals surface area contributed by atoms with Gasteiger partial charge in [-0.3, -0.25) is 4.79 Å². The fourth-order valence-corrected chi connectivity index (χ4v) is 3.58. The molecule has 4 nitrogen and oxygen atoms in total. The number of Topliss-reactive ketones (excluding diaryl/α,β-unsaturated/α-hetero) is 1. The fraction of sp³-hybridized carbons (Fsp3) is 0.286. The maximum atomic E-state index is 12.9. The van der Waals surface area contributed by atoms with Crippen LogP contribution in [0.3, 0.4) is 0 Å². The van der Waals surface area contributed by atoms with E-state index < -0.39 is 0 Å². The third-order valence-corrected chi connectivity index (χ3v) is 5.47. The van der Waals surface area contributed by atoms with Crippen molar-refractivity contribution in [3.63, 3.8) is 0 Å². The van der Waals surface area contributed by atoms with Crippen molar-refractivity contribution >= 4 is 17.5 Å². The molecule has 0 unspecified atom stereocenters. The summed E-state index contributed by atoms with van der Waals surface area (Å²) in [5.74, 6) is 0.554. The van der Waals surface area contributed by atoms with Crippen molar-refractivity contribution in [3.8, 4) is 11.5 Å². The van der Waals surface area contributed by atoms with Gasteiger partial charge in [-0.2, -0.15) is 0 Å². The SMILES string of the molecule is Cc1cc(C)c(C(=O)[C@@H](C)Sc2nnc(-c3ccccc3C)o2)cc1C. The predicted molar refractivity (Wildman–Crippen MR) is 105 cm³/mol. The van der Waals surface area contributed by atoms with Gasteiger partial charge in [0.15, 0.2) is 5.78 Å². The van der Waals surface area contributed by atoms with Crippen molar-refractivity contribution in [2.24, 2.45) is 0 Å². The van der Waals surface area contributed by atoms with E-state index in [9.17, 15) is 4.79 Å². The predicted octanol–water partition coefficient (Wildman–Crippen LogP) is 5.33. The fourth-order valence-electron chi connectivity index (χ4n) is 2.83. The molecule has 1 heterocycles. The molecule has 0 aliphatic rings. The minimum absolute atomic E-state index is 0.0752. The van der Waals surface area contributed by atoms with Crippen LogP contribution in [0, 0.1) is 27.7 Å². The van der Waals surface area contributed by atoms with Gasteiger partial charge in [0.2, 0.25) is 5.89 Å². The van der Waals surface area contributed by atoms with Crippen molar-refractivity contribution in [2.45, 2.75) is 45.1 Å². The lowest BCUT2D eigenvalue weighted by Gasteiger charge is -2.12. The lowest BCUT2D eigenvalue weighted by atomic mass is 9.97. The van der Waals surface area contributed by atoms with Crippen LogP contribution in [0.2, 0.25) is 0 Å². The molecule has 134 valence electrons. The van der Waals surface area contributed by atoms with E-state index in [0.29, 0.717) is 11.1 Å². The Morgan fingerprint density at radius 1 is 0.962 bits per heavy atom. The molecule has 0 spiro atoms. The van der Waals surface area contributed by atoms with Crippen molar-refractivity contribution < 1.29 is 9.21 Å². The van der Waals surface area contributed by atoms with Gasteiger partial charge in [0, 0.05) is 11.1 Å². The molecule has 0 bridgehead atoms. The summed E-state index contributed by atoms with van der Waals surface area (Å²) >= 11 is 1.30. The number of thioether (sulfide) groups is 1. The smallest absolute Gasteiger partial charge is 0.277 e. The minimum atomic E-state index is -0.305. The number of rotatable bonds is 5. The largest absolute Gasteiger partial charge is 0.411 e. The summed E-state index contributed by atoms with van der Waals surface area (Å²) < 4.78 is 5.77. The van der Waals surface area contributed by atoms with Gasteiger partial charge in [-0.15, -0.1) is 10.2 Å². The van der Waals surface area contributed by atoms with Crippen LogP contribution < -0.4 is 0 Å². The van der Waals surface area contributed by atoms with E-state index in [1.807, 2.05) is 58.0 Å². The number of carbonyl (C=O) groups excluding carboxylic acids is 1. The molecule has 0 saturated carbocycles. The molecule has 0 amide bonds. The monoisotopic (exact) mass is 366 g/mol. The maximum absolute atomic E-state index is 12.9. The van der Waals surface area contributed by atoms with Gasteiger partial charge in [0.05, 0.1) is 5.25 Å². The Hall–Kier alpha value is -2.40. The van der Waals surface area contributed by atoms with Crippen LogP contribution in [0.15, 0.2) is 46.0 Å². The van der Waals surface area contributed by atoms with Gasteiger partial charge in [-0.1, -0.05) is 36.0 Å². The Morgan fingerprint density at radius 2 is 1.65 bits per heavy atom. The second-order valence-corrected chi connectivity index (χ2v) is 7.86. The number of nitrogens with zero attached hydrogens (tertiary/aromatic N) is 2. The lowest BCUT2D eigenvalue weighted by molar-refractivity contribution is 0.0993. The van der Waals surface area contributed by atoms with E-state index in [-0.39, 0.29) is 11.0 Å². The Labute approximate surface area is 158 Å². The van der Waals surface area contributed by atoms with E-state index in [1.165, 1.54) is 17.3 Å². The zero-order chi connectivity index (χ0) is 18.8. The first-order valence-electron chi connectivity index (χ1n) is 8.55. The number of aromatic nitrogens is 2. The second kappa shape index (κ2) is 7.46. The van der Waals surface area contributed by atoms with Crippen LogP contribution in [0.25, 0.3) is 11.5 Å². The molecule has 3 aromatic rings. The Bertz CT molecular complexity index is 962. The van der Waals surface area contributed by atoms with Crippen LogP contribution in [0.1, 0.15) is 39.5 Å². The van der Waals surface area contributed by atoms with Gasteiger partial charge < -0.3 is 4.42 Å². The highest BCUT2D eigenvalue weighted by Gasteiger charge is 2.22. The molecule has 1 atom stereocenters. The number of ketones is 1. The summed E-state index contributed by atoms with van der Waals surface area (Å²) in [6.07, 6.45) is 0. The average Bonchev–Trinajstić information content (AvgIpc) is 3.06. The number of hydrogen-bond donors (Lipinski definition) is 0. The van der Waals surface area contributed by atoms with Gasteiger partial charge in [0.25, 0.3) is 5.22 Å². The van der Waals surface area contributed by atoms with E-state index in [1.54, 1.807) is 0 Å². The first-order valence-corrected chi connectivity index (χ1v) is 9.43. The van der Waals surface area contributed by atoms with Gasteiger partial charge in [0.1, 0.15) is 0 Å². The third-order valence-electron chi connectivity index (χ3n) is 4.53. The molecule has 5 heteroatoms. The number of aryl methyl sites for hydroxylation is 4. The summed E-state index contributed by atoms with van der Waals surface area (Å²) in [5, 5.41) is 8.33. The molecular formula is C21H22N2O2S. The van der Waals surface area contributed by atoms with Gasteiger partial charge >= 0.3 is 0 Å². The molecule has 0 saturated heterocycles. The summed E-state index contributed by atoms with van der Waals surface area (Å²) in [6, 6.07) is 11.9. The summed E-state index contributed by atoms with van der Waals surface area (Å²) in [4.78, 5) is 12.9. The van der Waals surface area contributed by atoms with Gasteiger partial charge in [-0.25, -0.2) is 0 Å². The molecule has 0 fully saturated rings. The van der Waals surface area contributed by atoms with Crippen molar-refractivity contribution in [1.82, 2.24) is 10.2 Å².